The molecule has 0 aromatic carbocycles. The van der Waals surface area contributed by atoms with Crippen molar-refractivity contribution >= 4 is 18.5 Å². The Morgan fingerprint density at radius 3 is 2.34 bits per heavy atom. The average Bonchev–Trinajstić information content (AvgIpc) is 3.34. The van der Waals surface area contributed by atoms with Gasteiger partial charge in [-0.1, -0.05) is 65.5 Å². The lowest BCUT2D eigenvalue weighted by atomic mass is 9.47. The van der Waals surface area contributed by atoms with Crippen molar-refractivity contribution in [2.45, 2.75) is 137 Å². The molecule has 1 N–H and O–H groups in total. The normalized spacial score (nSPS) is 36.6. The Labute approximate surface area is 276 Å². The van der Waals surface area contributed by atoms with E-state index in [0.29, 0.717) is 12.0 Å². The van der Waals surface area contributed by atoms with Gasteiger partial charge in [-0.15, -0.1) is 0 Å². The number of nitrogens with zero attached hydrogens (tertiary/aromatic N) is 1. The standard InChI is InChI=1S/C37H68NO4PS/c1-10-38(11-2,12-3)30(25-41-9)26-42-43(39,40)44-31-20-22-36(7)29(24-31)16-17-32-34-19-18-33(28(6)15-13-14-27(4)5)37(34,8)23-21-35(32)36/h16,27-28,30-35H,10-15,17-26H2,1-9H3/p+1/t28-,30?,31+,32+,33-,34+,35+,36+,37-/m1/s1. The summed E-state index contributed by atoms with van der Waals surface area (Å²) in [6, 6.07) is 0.0592. The van der Waals surface area contributed by atoms with E-state index in [0.717, 1.165) is 78.9 Å². The van der Waals surface area contributed by atoms with Gasteiger partial charge in [0.25, 0.3) is 7.15 Å². The van der Waals surface area contributed by atoms with E-state index < -0.39 is 7.15 Å². The van der Waals surface area contributed by atoms with Crippen LogP contribution in [0.5, 0.6) is 0 Å². The summed E-state index contributed by atoms with van der Waals surface area (Å²) >= 11 is 1.23. The summed E-state index contributed by atoms with van der Waals surface area (Å²) in [6.07, 6.45) is 16.7. The van der Waals surface area contributed by atoms with Crippen molar-refractivity contribution in [1.29, 1.82) is 0 Å². The highest BCUT2D eigenvalue weighted by Crippen LogP contribution is 2.69. The summed E-state index contributed by atoms with van der Waals surface area (Å²) in [4.78, 5) is 24.5. The number of hydrogen-bond donors (Lipinski definition) is 1. The van der Waals surface area contributed by atoms with Gasteiger partial charge in [-0.3, -0.25) is 0 Å². The molecule has 7 heteroatoms. The largest absolute Gasteiger partial charge is 0.622 e. The molecule has 2 unspecified atom stereocenters. The summed E-state index contributed by atoms with van der Waals surface area (Å²) in [5.74, 6) is 5.02. The molecule has 3 saturated carbocycles. The van der Waals surface area contributed by atoms with Crippen LogP contribution in [0.15, 0.2) is 11.6 Å². The fraction of sp³-hybridized carbons (Fsp3) is 0.946. The first kappa shape index (κ1) is 37.1. The van der Waals surface area contributed by atoms with Crippen LogP contribution in [0.2, 0.25) is 0 Å². The van der Waals surface area contributed by atoms with Gasteiger partial charge in [0, 0.05) is 7.11 Å². The monoisotopic (exact) mass is 654 g/mol. The number of hydrogen-bond acceptors (Lipinski definition) is 5. The molecular weight excluding hydrogens is 585 g/mol. The van der Waals surface area contributed by atoms with Gasteiger partial charge in [0.2, 0.25) is 0 Å². The van der Waals surface area contributed by atoms with Gasteiger partial charge in [-0.2, -0.15) is 4.52 Å². The van der Waals surface area contributed by atoms with Gasteiger partial charge in [0.15, 0.2) is 0 Å². The van der Waals surface area contributed by atoms with Crippen LogP contribution in [0.3, 0.4) is 0 Å². The lowest BCUT2D eigenvalue weighted by Crippen LogP contribution is -2.58. The quantitative estimate of drug-likeness (QED) is 0.102. The maximum atomic E-state index is 13.4. The Morgan fingerprint density at radius 2 is 1.70 bits per heavy atom. The van der Waals surface area contributed by atoms with Crippen LogP contribution >= 0.6 is 18.5 Å². The molecule has 0 radical (unpaired) electrons. The second-order valence-electron chi connectivity index (χ2n) is 16.3. The van der Waals surface area contributed by atoms with Crippen molar-refractivity contribution in [1.82, 2.24) is 0 Å². The first-order valence-corrected chi connectivity index (χ1v) is 21.5. The number of methoxy groups -OCH3 is 1. The topological polar surface area (TPSA) is 61.8 Å². The molecular formula is C37H69NO4PS+. The van der Waals surface area contributed by atoms with Crippen molar-refractivity contribution in [3.8, 4) is 0 Å². The van der Waals surface area contributed by atoms with Crippen LogP contribution in [-0.4, -0.2) is 60.6 Å². The van der Waals surface area contributed by atoms with Crippen molar-refractivity contribution in [2.75, 3.05) is 40.0 Å². The van der Waals surface area contributed by atoms with Crippen LogP contribution in [0.25, 0.3) is 0 Å². The fourth-order valence-electron chi connectivity index (χ4n) is 11.1. The minimum atomic E-state index is -3.77. The summed E-state index contributed by atoms with van der Waals surface area (Å²) in [7, 11) is -2.05. The molecule has 4 aliphatic rings. The number of allylic oxidation sites excluding steroid dienone is 2. The third-order valence-electron chi connectivity index (χ3n) is 14.0. The van der Waals surface area contributed by atoms with E-state index in [1.54, 1.807) is 12.7 Å². The zero-order valence-electron chi connectivity index (χ0n) is 30.0. The lowest BCUT2D eigenvalue weighted by molar-refractivity contribution is -0.947. The van der Waals surface area contributed by atoms with Crippen molar-refractivity contribution in [2.24, 2.45) is 46.3 Å². The molecule has 0 spiro atoms. The van der Waals surface area contributed by atoms with Crippen LogP contribution in [0.1, 0.15) is 126 Å². The molecule has 0 bridgehead atoms. The van der Waals surface area contributed by atoms with Crippen LogP contribution < -0.4 is 4.89 Å². The SMILES string of the molecule is CC[N+](CC)(CC)C(COC)CO[P+]([O-])(O)S[C@H]1CC[C@@]2(C)C(=CC[C@H]3[C@@H]4CC[C@H]([C@H](C)CCCC(C)C)[C@@]4(C)CC[C@@H]32)C1. The highest BCUT2D eigenvalue weighted by molar-refractivity contribution is 8.57. The molecule has 10 atom stereocenters. The van der Waals surface area contributed by atoms with Gasteiger partial charge in [-0.05, 0) is 118 Å². The average molecular weight is 655 g/mol. The third-order valence-corrected chi connectivity index (χ3v) is 17.4. The zero-order valence-corrected chi connectivity index (χ0v) is 31.7. The number of ether oxygens (including phenoxy) is 1. The lowest BCUT2D eigenvalue weighted by Gasteiger charge is -2.58. The van der Waals surface area contributed by atoms with E-state index in [-0.39, 0.29) is 23.3 Å². The minimum Gasteiger partial charge on any atom is -0.622 e. The van der Waals surface area contributed by atoms with Gasteiger partial charge >= 0.3 is 0 Å². The number of fused-ring (bicyclic) bond motifs is 5. The Morgan fingerprint density at radius 1 is 1.00 bits per heavy atom. The fourth-order valence-corrected chi connectivity index (χ4v) is 14.5. The molecule has 0 heterocycles. The van der Waals surface area contributed by atoms with Crippen LogP contribution in [-0.2, 0) is 9.26 Å². The summed E-state index contributed by atoms with van der Waals surface area (Å²) in [5.41, 5.74) is 2.35. The molecule has 0 aromatic rings. The molecule has 3 fully saturated rings. The Bertz CT molecular complexity index is 948. The van der Waals surface area contributed by atoms with Crippen molar-refractivity contribution in [3.05, 3.63) is 11.6 Å². The molecule has 0 aromatic heterocycles. The first-order valence-electron chi connectivity index (χ1n) is 18.5. The second-order valence-corrected chi connectivity index (χ2v) is 20.4. The molecule has 0 amide bonds. The van der Waals surface area contributed by atoms with Crippen LogP contribution in [0, 0.1) is 46.3 Å². The predicted molar refractivity (Wildman–Crippen MR) is 187 cm³/mol. The first-order chi connectivity index (χ1) is 20.8. The number of rotatable bonds is 16. The van der Waals surface area contributed by atoms with Gasteiger partial charge < -0.3 is 14.1 Å². The highest BCUT2D eigenvalue weighted by Gasteiger charge is 2.59. The van der Waals surface area contributed by atoms with E-state index in [1.165, 1.54) is 62.7 Å². The molecule has 44 heavy (non-hydrogen) atoms. The van der Waals surface area contributed by atoms with E-state index in [1.807, 2.05) is 0 Å². The van der Waals surface area contributed by atoms with E-state index >= 15 is 0 Å². The van der Waals surface area contributed by atoms with E-state index in [4.69, 9.17) is 9.26 Å². The Hall–Kier alpha value is 0.320. The predicted octanol–water partition coefficient (Wildman–Crippen LogP) is 9.07. The van der Waals surface area contributed by atoms with Gasteiger partial charge in [0.05, 0.1) is 36.3 Å². The van der Waals surface area contributed by atoms with E-state index in [9.17, 15) is 9.79 Å². The molecule has 0 aliphatic heterocycles. The minimum absolute atomic E-state index is 0.0592. The Kier molecular flexibility index (Phi) is 12.9. The molecule has 4 aliphatic carbocycles. The van der Waals surface area contributed by atoms with Crippen LogP contribution in [0.4, 0.5) is 0 Å². The Balaban J connectivity index is 1.38. The second kappa shape index (κ2) is 15.3. The molecule has 256 valence electrons. The molecule has 4 rings (SSSR count). The van der Waals surface area contributed by atoms with E-state index in [2.05, 4.69) is 61.5 Å². The van der Waals surface area contributed by atoms with Gasteiger partial charge in [-0.25, -0.2) is 4.89 Å². The van der Waals surface area contributed by atoms with Gasteiger partial charge in [0.1, 0.15) is 19.3 Å². The molecule has 0 saturated heterocycles. The summed E-state index contributed by atoms with van der Waals surface area (Å²) in [6.45, 7) is 22.8. The van der Waals surface area contributed by atoms with Crippen molar-refractivity contribution in [3.63, 3.8) is 0 Å². The van der Waals surface area contributed by atoms with Crippen molar-refractivity contribution < 1.29 is 23.5 Å². The summed E-state index contributed by atoms with van der Waals surface area (Å²) in [5, 5.41) is 0.154. The summed E-state index contributed by atoms with van der Waals surface area (Å²) < 4.78 is 12.3. The third kappa shape index (κ3) is 7.63. The smallest absolute Gasteiger partial charge is 0.295 e. The zero-order chi connectivity index (χ0) is 32.3. The molecule has 5 nitrogen and oxygen atoms in total. The maximum Gasteiger partial charge on any atom is 0.295 e. The maximum absolute atomic E-state index is 13.4. The number of likely N-dealkylation sites (N-methyl/N-ethyl adjacent to an activating group) is 1. The number of quaternary nitrogens is 1. The highest BCUT2D eigenvalue weighted by atomic mass is 32.7.